The smallest absolute Gasteiger partial charge is 0.307 e. The Morgan fingerprint density at radius 2 is 2.43 bits per heavy atom. The molecule has 0 aliphatic carbocycles. The minimum Gasteiger partial charge on any atom is -0.469 e. The topological polar surface area (TPSA) is 47.4 Å². The molecule has 0 fully saturated rings. The second-order valence-electron chi connectivity index (χ2n) is 3.09. The van der Waals surface area contributed by atoms with E-state index in [4.69, 9.17) is 0 Å². The molecule has 1 aromatic rings. The van der Waals surface area contributed by atoms with Gasteiger partial charge in [0.1, 0.15) is 0 Å². The molecule has 1 rings (SSSR count). The minimum atomic E-state index is -0.203. The lowest BCUT2D eigenvalue weighted by molar-refractivity contribution is -0.140. The van der Waals surface area contributed by atoms with Gasteiger partial charge in [-0.25, -0.2) is 4.98 Å². The van der Waals surface area contributed by atoms with Crippen LogP contribution in [-0.2, 0) is 16.6 Å². The molecular weight excluding hydrogens is 182 g/mol. The number of hydrogen-bond acceptors (Lipinski definition) is 4. The summed E-state index contributed by atoms with van der Waals surface area (Å²) in [6.07, 6.45) is 3.97. The van der Waals surface area contributed by atoms with Gasteiger partial charge in [0.25, 0.3) is 0 Å². The SMILES string of the molecule is COC(=O)CCN(C)c1nccn1C. The van der Waals surface area contributed by atoms with Crippen molar-refractivity contribution >= 4 is 11.9 Å². The lowest BCUT2D eigenvalue weighted by Gasteiger charge is -2.17. The van der Waals surface area contributed by atoms with Crippen LogP contribution < -0.4 is 4.90 Å². The predicted molar refractivity (Wildman–Crippen MR) is 53.1 cm³/mol. The van der Waals surface area contributed by atoms with E-state index in [9.17, 15) is 4.79 Å². The largest absolute Gasteiger partial charge is 0.469 e. The van der Waals surface area contributed by atoms with Crippen molar-refractivity contribution < 1.29 is 9.53 Å². The van der Waals surface area contributed by atoms with E-state index in [0.717, 1.165) is 5.95 Å². The fourth-order valence-electron chi connectivity index (χ4n) is 1.19. The van der Waals surface area contributed by atoms with Crippen molar-refractivity contribution in [2.45, 2.75) is 6.42 Å². The third-order valence-electron chi connectivity index (χ3n) is 2.02. The van der Waals surface area contributed by atoms with Gasteiger partial charge in [0.15, 0.2) is 0 Å². The summed E-state index contributed by atoms with van der Waals surface area (Å²) in [6, 6.07) is 0. The Labute approximate surface area is 83.3 Å². The highest BCUT2D eigenvalue weighted by Gasteiger charge is 2.08. The van der Waals surface area contributed by atoms with Crippen LogP contribution in [0.4, 0.5) is 5.95 Å². The van der Waals surface area contributed by atoms with E-state index in [1.165, 1.54) is 7.11 Å². The van der Waals surface area contributed by atoms with Crippen molar-refractivity contribution in [1.29, 1.82) is 0 Å². The average Bonchev–Trinajstić information content (AvgIpc) is 2.60. The number of anilines is 1. The van der Waals surface area contributed by atoms with E-state index in [0.29, 0.717) is 13.0 Å². The van der Waals surface area contributed by atoms with Crippen LogP contribution in [-0.4, -0.2) is 36.2 Å². The number of imidazole rings is 1. The van der Waals surface area contributed by atoms with Gasteiger partial charge in [0.05, 0.1) is 13.5 Å². The number of methoxy groups -OCH3 is 1. The third-order valence-corrected chi connectivity index (χ3v) is 2.02. The molecule has 0 aromatic carbocycles. The summed E-state index contributed by atoms with van der Waals surface area (Å²) < 4.78 is 6.46. The Hall–Kier alpha value is -1.52. The maximum absolute atomic E-state index is 10.9. The zero-order valence-corrected chi connectivity index (χ0v) is 8.73. The quantitative estimate of drug-likeness (QED) is 0.656. The Morgan fingerprint density at radius 1 is 1.71 bits per heavy atom. The molecule has 0 saturated carbocycles. The van der Waals surface area contributed by atoms with Gasteiger partial charge in [0.2, 0.25) is 5.95 Å². The average molecular weight is 197 g/mol. The number of ether oxygens (including phenoxy) is 1. The summed E-state index contributed by atoms with van der Waals surface area (Å²) >= 11 is 0. The number of carbonyl (C=O) groups is 1. The van der Waals surface area contributed by atoms with Crippen molar-refractivity contribution in [2.24, 2.45) is 7.05 Å². The molecule has 78 valence electrons. The highest BCUT2D eigenvalue weighted by atomic mass is 16.5. The normalized spacial score (nSPS) is 9.93. The zero-order chi connectivity index (χ0) is 10.6. The van der Waals surface area contributed by atoms with Crippen molar-refractivity contribution in [1.82, 2.24) is 9.55 Å². The van der Waals surface area contributed by atoms with Crippen LogP contribution in [0.25, 0.3) is 0 Å². The molecule has 5 nitrogen and oxygen atoms in total. The van der Waals surface area contributed by atoms with Gasteiger partial charge in [-0.2, -0.15) is 0 Å². The fourth-order valence-corrected chi connectivity index (χ4v) is 1.19. The number of carbonyl (C=O) groups excluding carboxylic acids is 1. The van der Waals surface area contributed by atoms with Crippen LogP contribution in [0.1, 0.15) is 6.42 Å². The molecule has 0 unspecified atom stereocenters. The molecule has 0 atom stereocenters. The van der Waals surface area contributed by atoms with Crippen LogP contribution in [0.2, 0.25) is 0 Å². The maximum Gasteiger partial charge on any atom is 0.307 e. The first-order valence-electron chi connectivity index (χ1n) is 4.40. The molecule has 0 N–H and O–H groups in total. The minimum absolute atomic E-state index is 0.203. The van der Waals surface area contributed by atoms with Crippen molar-refractivity contribution in [2.75, 3.05) is 25.6 Å². The summed E-state index contributed by atoms with van der Waals surface area (Å²) in [7, 11) is 5.20. The molecule has 0 spiro atoms. The maximum atomic E-state index is 10.9. The van der Waals surface area contributed by atoms with Gasteiger partial charge >= 0.3 is 5.97 Å². The van der Waals surface area contributed by atoms with Gasteiger partial charge in [-0.3, -0.25) is 4.79 Å². The number of rotatable bonds is 4. The van der Waals surface area contributed by atoms with Crippen LogP contribution in [0, 0.1) is 0 Å². The molecule has 14 heavy (non-hydrogen) atoms. The molecule has 0 amide bonds. The van der Waals surface area contributed by atoms with Crippen LogP contribution >= 0.6 is 0 Å². The van der Waals surface area contributed by atoms with E-state index < -0.39 is 0 Å². The van der Waals surface area contributed by atoms with Crippen molar-refractivity contribution in [3.05, 3.63) is 12.4 Å². The highest BCUT2D eigenvalue weighted by molar-refractivity contribution is 5.69. The number of aryl methyl sites for hydroxylation is 1. The van der Waals surface area contributed by atoms with Crippen molar-refractivity contribution in [3.8, 4) is 0 Å². The Balaban J connectivity index is 2.47. The molecule has 0 aliphatic rings. The van der Waals surface area contributed by atoms with E-state index in [1.54, 1.807) is 6.20 Å². The molecule has 0 saturated heterocycles. The summed E-state index contributed by atoms with van der Waals surface area (Å²) in [5, 5.41) is 0. The fraction of sp³-hybridized carbons (Fsp3) is 0.556. The molecule has 0 bridgehead atoms. The summed E-state index contributed by atoms with van der Waals surface area (Å²) in [5.74, 6) is 0.639. The van der Waals surface area contributed by atoms with Gasteiger partial charge < -0.3 is 14.2 Å². The molecule has 0 aliphatic heterocycles. The van der Waals surface area contributed by atoms with Gasteiger partial charge in [-0.05, 0) is 0 Å². The Morgan fingerprint density at radius 3 is 2.93 bits per heavy atom. The number of aromatic nitrogens is 2. The van der Waals surface area contributed by atoms with E-state index in [2.05, 4.69) is 9.72 Å². The first-order valence-corrected chi connectivity index (χ1v) is 4.40. The lowest BCUT2D eigenvalue weighted by Crippen LogP contribution is -2.24. The van der Waals surface area contributed by atoms with Gasteiger partial charge in [-0.1, -0.05) is 0 Å². The molecule has 1 aromatic heterocycles. The van der Waals surface area contributed by atoms with Crippen LogP contribution in [0.15, 0.2) is 12.4 Å². The van der Waals surface area contributed by atoms with Crippen LogP contribution in [0.5, 0.6) is 0 Å². The number of esters is 1. The number of nitrogens with zero attached hydrogens (tertiary/aromatic N) is 3. The Bertz CT molecular complexity index is 309. The predicted octanol–water partition coefficient (Wildman–Crippen LogP) is 0.419. The van der Waals surface area contributed by atoms with Crippen molar-refractivity contribution in [3.63, 3.8) is 0 Å². The van der Waals surface area contributed by atoms with Gasteiger partial charge in [0, 0.05) is 33.0 Å². The first-order chi connectivity index (χ1) is 6.65. The molecular formula is C9H15N3O2. The Kier molecular flexibility index (Phi) is 3.50. The second kappa shape index (κ2) is 4.64. The monoisotopic (exact) mass is 197 g/mol. The highest BCUT2D eigenvalue weighted by Crippen LogP contribution is 2.07. The molecule has 5 heteroatoms. The second-order valence-corrected chi connectivity index (χ2v) is 3.09. The summed E-state index contributed by atoms with van der Waals surface area (Å²) in [5.41, 5.74) is 0. The third kappa shape index (κ3) is 2.48. The molecule has 1 heterocycles. The standard InChI is InChI=1S/C9H15N3O2/c1-11(6-4-8(13)14-3)9-10-5-7-12(9)2/h5,7H,4,6H2,1-3H3. The number of hydrogen-bond donors (Lipinski definition) is 0. The zero-order valence-electron chi connectivity index (χ0n) is 8.73. The lowest BCUT2D eigenvalue weighted by atomic mass is 10.4. The molecule has 0 radical (unpaired) electrons. The van der Waals surface area contributed by atoms with Gasteiger partial charge in [-0.15, -0.1) is 0 Å². The van der Waals surface area contributed by atoms with E-state index in [1.807, 2.05) is 29.8 Å². The summed E-state index contributed by atoms with van der Waals surface area (Å²) in [6.45, 7) is 0.609. The van der Waals surface area contributed by atoms with E-state index in [-0.39, 0.29) is 5.97 Å². The summed E-state index contributed by atoms with van der Waals surface area (Å²) in [4.78, 5) is 17.0. The van der Waals surface area contributed by atoms with E-state index >= 15 is 0 Å². The van der Waals surface area contributed by atoms with Crippen LogP contribution in [0.3, 0.4) is 0 Å². The first kappa shape index (κ1) is 10.6.